The van der Waals surface area contributed by atoms with Gasteiger partial charge in [0.05, 0.1) is 5.69 Å². The topological polar surface area (TPSA) is 49.8 Å². The van der Waals surface area contributed by atoms with Gasteiger partial charge in [0.15, 0.2) is 0 Å². The van der Waals surface area contributed by atoms with Crippen molar-refractivity contribution in [1.82, 2.24) is 9.97 Å². The average molecular weight is 383 g/mol. The monoisotopic (exact) mass is 382 g/mol. The number of hydrogen-bond acceptors (Lipinski definition) is 4. The molecular weight excluding hydrogens is 364 g/mol. The van der Waals surface area contributed by atoms with Gasteiger partial charge in [-0.3, -0.25) is 0 Å². The molecule has 0 aliphatic carbocycles. The van der Waals surface area contributed by atoms with Crippen molar-refractivity contribution in [2.24, 2.45) is 0 Å². The minimum Gasteiger partial charge on any atom is -0.366 e. The van der Waals surface area contributed by atoms with Crippen LogP contribution in [0.25, 0.3) is 0 Å². The van der Waals surface area contributed by atoms with Crippen LogP contribution in [0.5, 0.6) is 0 Å². The molecule has 0 aliphatic rings. The molecule has 1 aromatic heterocycles. The van der Waals surface area contributed by atoms with Gasteiger partial charge in [-0.25, -0.2) is 9.97 Å². The second kappa shape index (κ2) is 7.45. The maximum Gasteiger partial charge on any atom is 0.136 e. The lowest BCUT2D eigenvalue weighted by molar-refractivity contribution is 1.03. The molecular formula is C19H19BrN4. The standard InChI is InChI=1S/C19H19BrN4/c1-13-8-9-17(16(20)10-13)24-19-11-18(22-14(2)23-19)21-12-15-6-4-3-5-7-15/h3-11H,12H2,1-2H3,(H2,21,22,23,24). The van der Waals surface area contributed by atoms with Gasteiger partial charge in [-0.15, -0.1) is 0 Å². The van der Waals surface area contributed by atoms with E-state index >= 15 is 0 Å². The van der Waals surface area contributed by atoms with E-state index in [9.17, 15) is 0 Å². The van der Waals surface area contributed by atoms with E-state index < -0.39 is 0 Å². The fourth-order valence-electron chi connectivity index (χ4n) is 2.37. The van der Waals surface area contributed by atoms with E-state index in [1.54, 1.807) is 0 Å². The minimum atomic E-state index is 0.721. The highest BCUT2D eigenvalue weighted by Crippen LogP contribution is 2.26. The molecule has 0 saturated heterocycles. The predicted molar refractivity (Wildman–Crippen MR) is 103 cm³/mol. The smallest absolute Gasteiger partial charge is 0.136 e. The molecule has 2 N–H and O–H groups in total. The van der Waals surface area contributed by atoms with E-state index in [1.165, 1.54) is 11.1 Å². The highest BCUT2D eigenvalue weighted by Gasteiger charge is 2.05. The summed E-state index contributed by atoms with van der Waals surface area (Å²) in [6.07, 6.45) is 0. The summed E-state index contributed by atoms with van der Waals surface area (Å²) in [7, 11) is 0. The number of aromatic nitrogens is 2. The first-order valence-corrected chi connectivity index (χ1v) is 8.56. The van der Waals surface area contributed by atoms with Crippen LogP contribution >= 0.6 is 15.9 Å². The van der Waals surface area contributed by atoms with Gasteiger partial charge in [0.25, 0.3) is 0 Å². The van der Waals surface area contributed by atoms with Crippen molar-refractivity contribution >= 4 is 33.3 Å². The van der Waals surface area contributed by atoms with Gasteiger partial charge in [-0.1, -0.05) is 36.4 Å². The van der Waals surface area contributed by atoms with Crippen LogP contribution in [0.15, 0.2) is 59.1 Å². The van der Waals surface area contributed by atoms with Gasteiger partial charge in [-0.2, -0.15) is 0 Å². The van der Waals surface area contributed by atoms with Gasteiger partial charge >= 0.3 is 0 Å². The van der Waals surface area contributed by atoms with Gasteiger partial charge in [0, 0.05) is 17.1 Å². The maximum absolute atomic E-state index is 4.46. The van der Waals surface area contributed by atoms with Crippen molar-refractivity contribution in [2.45, 2.75) is 20.4 Å². The van der Waals surface area contributed by atoms with Gasteiger partial charge in [-0.05, 0) is 53.0 Å². The van der Waals surface area contributed by atoms with Crippen LogP contribution in [0.2, 0.25) is 0 Å². The van der Waals surface area contributed by atoms with E-state index in [4.69, 9.17) is 0 Å². The Labute approximate surface area is 150 Å². The first-order valence-electron chi connectivity index (χ1n) is 7.77. The second-order valence-electron chi connectivity index (χ2n) is 5.63. The summed E-state index contributed by atoms with van der Waals surface area (Å²) in [5.41, 5.74) is 3.40. The van der Waals surface area contributed by atoms with Crippen molar-refractivity contribution in [3.05, 3.63) is 76.0 Å². The third-order valence-electron chi connectivity index (χ3n) is 3.54. The Morgan fingerprint density at radius 3 is 2.42 bits per heavy atom. The molecule has 2 aromatic carbocycles. The van der Waals surface area contributed by atoms with E-state index in [2.05, 4.69) is 67.7 Å². The van der Waals surface area contributed by atoms with Crippen molar-refractivity contribution in [2.75, 3.05) is 10.6 Å². The Morgan fingerprint density at radius 2 is 1.67 bits per heavy atom. The quantitative estimate of drug-likeness (QED) is 0.635. The van der Waals surface area contributed by atoms with Gasteiger partial charge in [0.1, 0.15) is 17.5 Å². The van der Waals surface area contributed by atoms with Crippen LogP contribution < -0.4 is 10.6 Å². The average Bonchev–Trinajstić information content (AvgIpc) is 2.56. The Hall–Kier alpha value is -2.40. The third kappa shape index (κ3) is 4.32. The zero-order valence-electron chi connectivity index (χ0n) is 13.7. The molecule has 0 spiro atoms. The lowest BCUT2D eigenvalue weighted by Crippen LogP contribution is -2.05. The molecule has 0 fully saturated rings. The van der Waals surface area contributed by atoms with Crippen molar-refractivity contribution in [1.29, 1.82) is 0 Å². The largest absolute Gasteiger partial charge is 0.366 e. The highest BCUT2D eigenvalue weighted by molar-refractivity contribution is 9.10. The van der Waals surface area contributed by atoms with Gasteiger partial charge < -0.3 is 10.6 Å². The first kappa shape index (κ1) is 16.5. The molecule has 122 valence electrons. The summed E-state index contributed by atoms with van der Waals surface area (Å²) in [6, 6.07) is 18.3. The molecule has 1 heterocycles. The fourth-order valence-corrected chi connectivity index (χ4v) is 2.96. The van der Waals surface area contributed by atoms with Crippen molar-refractivity contribution in [3.8, 4) is 0 Å². The zero-order chi connectivity index (χ0) is 16.9. The molecule has 5 heteroatoms. The number of hydrogen-bond donors (Lipinski definition) is 2. The normalized spacial score (nSPS) is 10.5. The van der Waals surface area contributed by atoms with Crippen LogP contribution in [-0.2, 0) is 6.54 Å². The Bertz CT molecular complexity index is 834. The van der Waals surface area contributed by atoms with Crippen molar-refractivity contribution < 1.29 is 0 Å². The summed E-state index contributed by atoms with van der Waals surface area (Å²) in [6.45, 7) is 4.68. The fraction of sp³-hybridized carbons (Fsp3) is 0.158. The molecule has 0 saturated carbocycles. The van der Waals surface area contributed by atoms with Crippen LogP contribution in [0, 0.1) is 13.8 Å². The lowest BCUT2D eigenvalue weighted by atomic mass is 10.2. The number of aryl methyl sites for hydroxylation is 2. The SMILES string of the molecule is Cc1ccc(Nc2cc(NCc3ccccc3)nc(C)n2)c(Br)c1. The summed E-state index contributed by atoms with van der Waals surface area (Å²) < 4.78 is 1.01. The van der Waals surface area contributed by atoms with E-state index in [1.807, 2.05) is 37.3 Å². The molecule has 0 atom stereocenters. The lowest BCUT2D eigenvalue weighted by Gasteiger charge is -2.12. The molecule has 4 nitrogen and oxygen atoms in total. The number of rotatable bonds is 5. The predicted octanol–water partition coefficient (Wildman–Crippen LogP) is 5.21. The zero-order valence-corrected chi connectivity index (χ0v) is 15.3. The highest BCUT2D eigenvalue weighted by atomic mass is 79.9. The number of nitrogens with one attached hydrogen (secondary N) is 2. The minimum absolute atomic E-state index is 0.721. The van der Waals surface area contributed by atoms with Crippen molar-refractivity contribution in [3.63, 3.8) is 0 Å². The molecule has 0 bridgehead atoms. The van der Waals surface area contributed by atoms with Crippen LogP contribution in [0.3, 0.4) is 0 Å². The van der Waals surface area contributed by atoms with Crippen LogP contribution in [-0.4, -0.2) is 9.97 Å². The number of halogens is 1. The summed E-state index contributed by atoms with van der Waals surface area (Å²) >= 11 is 3.58. The Balaban J connectivity index is 1.76. The van der Waals surface area contributed by atoms with Crippen LogP contribution in [0.4, 0.5) is 17.3 Å². The Kier molecular flexibility index (Phi) is 5.11. The first-order chi connectivity index (χ1) is 11.6. The summed E-state index contributed by atoms with van der Waals surface area (Å²) in [4.78, 5) is 8.92. The van der Waals surface area contributed by atoms with Gasteiger partial charge in [0.2, 0.25) is 0 Å². The van der Waals surface area contributed by atoms with E-state index in [-0.39, 0.29) is 0 Å². The Morgan fingerprint density at radius 1 is 0.917 bits per heavy atom. The summed E-state index contributed by atoms with van der Waals surface area (Å²) in [5, 5.41) is 6.69. The number of anilines is 3. The second-order valence-corrected chi connectivity index (χ2v) is 6.49. The molecule has 3 aromatic rings. The van der Waals surface area contributed by atoms with Crippen LogP contribution in [0.1, 0.15) is 17.0 Å². The maximum atomic E-state index is 4.46. The molecule has 0 amide bonds. The number of nitrogens with zero attached hydrogens (tertiary/aromatic N) is 2. The molecule has 0 unspecified atom stereocenters. The molecule has 0 aliphatic heterocycles. The molecule has 0 radical (unpaired) electrons. The number of benzene rings is 2. The summed E-state index contributed by atoms with van der Waals surface area (Å²) in [5.74, 6) is 2.29. The third-order valence-corrected chi connectivity index (χ3v) is 4.20. The van der Waals surface area contributed by atoms with E-state index in [0.29, 0.717) is 0 Å². The molecule has 3 rings (SSSR count). The molecule has 24 heavy (non-hydrogen) atoms. The van der Waals surface area contributed by atoms with E-state index in [0.717, 1.165) is 34.2 Å².